The summed E-state index contributed by atoms with van der Waals surface area (Å²) in [5, 5.41) is 7.92. The number of amides is 2. The van der Waals surface area contributed by atoms with Gasteiger partial charge in [-0.2, -0.15) is 13.2 Å². The lowest BCUT2D eigenvalue weighted by Crippen LogP contribution is -2.51. The predicted octanol–water partition coefficient (Wildman–Crippen LogP) is 2.16. The molecule has 0 aliphatic carbocycles. The minimum Gasteiger partial charge on any atom is -0.338 e. The van der Waals surface area contributed by atoms with Crippen molar-refractivity contribution in [2.45, 2.75) is 63.8 Å². The molecule has 0 bridgehead atoms. The van der Waals surface area contributed by atoms with Gasteiger partial charge in [0.25, 0.3) is 0 Å². The Morgan fingerprint density at radius 3 is 2.63 bits per heavy atom. The van der Waals surface area contributed by atoms with Crippen LogP contribution in [-0.2, 0) is 0 Å². The van der Waals surface area contributed by atoms with Crippen LogP contribution in [0.3, 0.4) is 0 Å². The van der Waals surface area contributed by atoms with Gasteiger partial charge < -0.3 is 16.0 Å². The van der Waals surface area contributed by atoms with Crippen LogP contribution in [0, 0.1) is 0 Å². The highest BCUT2D eigenvalue weighted by Crippen LogP contribution is 2.28. The summed E-state index contributed by atoms with van der Waals surface area (Å²) in [5.74, 6) is 0. The lowest BCUT2D eigenvalue weighted by Gasteiger charge is -2.32. The van der Waals surface area contributed by atoms with Gasteiger partial charge in [0.2, 0.25) is 0 Å². The number of nitrogens with one attached hydrogen (secondary N) is 3. The molecule has 0 aromatic heterocycles. The number of carbonyl (C=O) groups excluding carboxylic acids is 1. The first kappa shape index (κ1) is 16.1. The molecule has 1 saturated heterocycles. The minimum atomic E-state index is -4.18. The molecule has 0 aromatic rings. The highest BCUT2D eigenvalue weighted by molar-refractivity contribution is 5.73. The molecule has 2 amide bonds. The van der Waals surface area contributed by atoms with Crippen molar-refractivity contribution in [3.05, 3.63) is 0 Å². The van der Waals surface area contributed by atoms with E-state index in [0.717, 1.165) is 6.42 Å². The Morgan fingerprint density at radius 2 is 2.05 bits per heavy atom. The van der Waals surface area contributed by atoms with E-state index >= 15 is 0 Å². The number of alkyl halides is 3. The van der Waals surface area contributed by atoms with E-state index in [2.05, 4.69) is 16.0 Å². The predicted molar refractivity (Wildman–Crippen MR) is 66.9 cm³/mol. The SMILES string of the molecule is CC(C)NC(=O)NCCC1CCCC(C(F)(F)F)N1. The van der Waals surface area contributed by atoms with Crippen molar-refractivity contribution in [1.82, 2.24) is 16.0 Å². The first-order chi connectivity index (χ1) is 8.79. The zero-order chi connectivity index (χ0) is 14.5. The molecule has 1 aliphatic heterocycles. The molecule has 4 nitrogen and oxygen atoms in total. The smallest absolute Gasteiger partial charge is 0.338 e. The van der Waals surface area contributed by atoms with Crippen LogP contribution in [0.2, 0.25) is 0 Å². The molecule has 1 rings (SSSR count). The molecule has 0 spiro atoms. The third-order valence-electron chi connectivity index (χ3n) is 3.08. The molecule has 112 valence electrons. The van der Waals surface area contributed by atoms with E-state index in [9.17, 15) is 18.0 Å². The number of hydrogen-bond donors (Lipinski definition) is 3. The van der Waals surface area contributed by atoms with Gasteiger partial charge in [0.05, 0.1) is 0 Å². The van der Waals surface area contributed by atoms with Gasteiger partial charge in [-0.25, -0.2) is 4.79 Å². The molecule has 0 saturated carbocycles. The van der Waals surface area contributed by atoms with Gasteiger partial charge in [-0.05, 0) is 33.1 Å². The van der Waals surface area contributed by atoms with Gasteiger partial charge in [-0.1, -0.05) is 6.42 Å². The summed E-state index contributed by atoms with van der Waals surface area (Å²) in [4.78, 5) is 11.3. The third kappa shape index (κ3) is 6.13. The highest BCUT2D eigenvalue weighted by atomic mass is 19.4. The third-order valence-corrected chi connectivity index (χ3v) is 3.08. The van der Waals surface area contributed by atoms with E-state index in [1.54, 1.807) is 0 Å². The molecular weight excluding hydrogens is 259 g/mol. The van der Waals surface area contributed by atoms with E-state index in [4.69, 9.17) is 0 Å². The Morgan fingerprint density at radius 1 is 1.37 bits per heavy atom. The zero-order valence-corrected chi connectivity index (χ0v) is 11.3. The van der Waals surface area contributed by atoms with Crippen LogP contribution in [0.4, 0.5) is 18.0 Å². The van der Waals surface area contributed by atoms with Gasteiger partial charge in [-0.15, -0.1) is 0 Å². The van der Waals surface area contributed by atoms with Gasteiger partial charge in [0.15, 0.2) is 0 Å². The second kappa shape index (κ2) is 6.98. The monoisotopic (exact) mass is 281 g/mol. The molecule has 2 unspecified atom stereocenters. The van der Waals surface area contributed by atoms with Crippen molar-refractivity contribution in [1.29, 1.82) is 0 Å². The zero-order valence-electron chi connectivity index (χ0n) is 11.3. The number of hydrogen-bond acceptors (Lipinski definition) is 2. The standard InChI is InChI=1S/C12H22F3N3O/c1-8(2)17-11(19)16-7-6-9-4-3-5-10(18-9)12(13,14)15/h8-10,18H,3-7H2,1-2H3,(H2,16,17,19). The van der Waals surface area contributed by atoms with Gasteiger partial charge in [0.1, 0.15) is 6.04 Å². The summed E-state index contributed by atoms with van der Waals surface area (Å²) in [7, 11) is 0. The fourth-order valence-corrected chi connectivity index (χ4v) is 2.18. The minimum absolute atomic E-state index is 0.0439. The maximum absolute atomic E-state index is 12.6. The Hall–Kier alpha value is -0.980. The summed E-state index contributed by atoms with van der Waals surface area (Å²) >= 11 is 0. The van der Waals surface area contributed by atoms with Crippen molar-refractivity contribution in [3.63, 3.8) is 0 Å². The maximum atomic E-state index is 12.6. The number of halogens is 3. The van der Waals surface area contributed by atoms with Gasteiger partial charge in [-0.3, -0.25) is 0 Å². The summed E-state index contributed by atoms with van der Waals surface area (Å²) < 4.78 is 37.7. The van der Waals surface area contributed by atoms with Gasteiger partial charge in [0, 0.05) is 18.6 Å². The molecule has 0 aromatic carbocycles. The van der Waals surface area contributed by atoms with E-state index in [-0.39, 0.29) is 24.5 Å². The van der Waals surface area contributed by atoms with Crippen molar-refractivity contribution in [2.24, 2.45) is 0 Å². The largest absolute Gasteiger partial charge is 0.403 e. The van der Waals surface area contributed by atoms with Crippen molar-refractivity contribution in [3.8, 4) is 0 Å². The molecule has 1 aliphatic rings. The number of rotatable bonds is 4. The first-order valence-electron chi connectivity index (χ1n) is 6.66. The number of piperidine rings is 1. The maximum Gasteiger partial charge on any atom is 0.403 e. The molecule has 0 radical (unpaired) electrons. The summed E-state index contributed by atoms with van der Waals surface area (Å²) in [6.07, 6.45) is -2.24. The molecule has 19 heavy (non-hydrogen) atoms. The van der Waals surface area contributed by atoms with Crippen LogP contribution in [-0.4, -0.2) is 36.9 Å². The Bertz CT molecular complexity index is 294. The van der Waals surface area contributed by atoms with Crippen LogP contribution >= 0.6 is 0 Å². The average Bonchev–Trinajstić information content (AvgIpc) is 2.27. The molecule has 3 N–H and O–H groups in total. The van der Waals surface area contributed by atoms with Crippen molar-refractivity contribution in [2.75, 3.05) is 6.54 Å². The van der Waals surface area contributed by atoms with Crippen molar-refractivity contribution >= 4 is 6.03 Å². The van der Waals surface area contributed by atoms with E-state index in [0.29, 0.717) is 19.4 Å². The number of urea groups is 1. The summed E-state index contributed by atoms with van der Waals surface area (Å²) in [6.45, 7) is 4.06. The van der Waals surface area contributed by atoms with E-state index in [1.807, 2.05) is 13.8 Å². The highest BCUT2D eigenvalue weighted by Gasteiger charge is 2.41. The summed E-state index contributed by atoms with van der Waals surface area (Å²) in [5.41, 5.74) is 0. The first-order valence-corrected chi connectivity index (χ1v) is 6.66. The fourth-order valence-electron chi connectivity index (χ4n) is 2.18. The molecule has 1 heterocycles. The number of carbonyl (C=O) groups is 1. The van der Waals surface area contributed by atoms with E-state index < -0.39 is 12.2 Å². The Labute approximate surface area is 111 Å². The van der Waals surface area contributed by atoms with Crippen LogP contribution in [0.5, 0.6) is 0 Å². The second-order valence-electron chi connectivity index (χ2n) is 5.23. The second-order valence-corrected chi connectivity index (χ2v) is 5.23. The van der Waals surface area contributed by atoms with Gasteiger partial charge >= 0.3 is 12.2 Å². The topological polar surface area (TPSA) is 53.2 Å². The Kier molecular flexibility index (Phi) is 5.90. The normalized spacial score (nSPS) is 24.3. The van der Waals surface area contributed by atoms with Crippen LogP contribution < -0.4 is 16.0 Å². The van der Waals surface area contributed by atoms with Crippen molar-refractivity contribution < 1.29 is 18.0 Å². The molecule has 7 heteroatoms. The quantitative estimate of drug-likeness (QED) is 0.739. The van der Waals surface area contributed by atoms with Crippen LogP contribution in [0.15, 0.2) is 0 Å². The average molecular weight is 281 g/mol. The van der Waals surface area contributed by atoms with E-state index in [1.165, 1.54) is 0 Å². The Balaban J connectivity index is 2.24. The molecule has 1 fully saturated rings. The lowest BCUT2D eigenvalue weighted by molar-refractivity contribution is -0.163. The fraction of sp³-hybridized carbons (Fsp3) is 0.917. The summed E-state index contributed by atoms with van der Waals surface area (Å²) in [6, 6.07) is -1.82. The molecular formula is C12H22F3N3O. The lowest BCUT2D eigenvalue weighted by atomic mass is 9.96. The molecule has 2 atom stereocenters. The van der Waals surface area contributed by atoms with Crippen LogP contribution in [0.1, 0.15) is 39.5 Å². The van der Waals surface area contributed by atoms with Crippen LogP contribution in [0.25, 0.3) is 0 Å².